The maximum Gasteiger partial charge on any atom is 0.265 e. The van der Waals surface area contributed by atoms with Crippen molar-refractivity contribution in [1.82, 2.24) is 0 Å². The van der Waals surface area contributed by atoms with Gasteiger partial charge in [-0.1, -0.05) is 11.6 Å². The minimum atomic E-state index is -3.87. The Hall–Kier alpha value is -0.490. The number of hydrogen-bond acceptors (Lipinski definition) is 4. The van der Waals surface area contributed by atoms with Crippen LogP contribution in [0.5, 0.6) is 5.75 Å². The van der Waals surface area contributed by atoms with Crippen LogP contribution in [-0.4, -0.2) is 28.7 Å². The molecule has 0 aromatic heterocycles. The molecule has 0 aliphatic carbocycles. The average Bonchev–Trinajstić information content (AvgIpc) is 2.19. The zero-order valence-electron chi connectivity index (χ0n) is 8.44. The third-order valence-corrected chi connectivity index (χ3v) is 3.29. The highest BCUT2D eigenvalue weighted by Crippen LogP contribution is 2.29. The maximum absolute atomic E-state index is 11.2. The van der Waals surface area contributed by atoms with E-state index in [1.807, 2.05) is 0 Å². The molecule has 0 N–H and O–H groups in total. The van der Waals surface area contributed by atoms with Gasteiger partial charge in [0.25, 0.3) is 9.05 Å². The molecule has 0 aliphatic heterocycles. The van der Waals surface area contributed by atoms with E-state index in [1.54, 1.807) is 0 Å². The Labute approximate surface area is 103 Å². The molecule has 0 saturated carbocycles. The summed E-state index contributed by atoms with van der Waals surface area (Å²) in [4.78, 5) is -0.141. The number of benzene rings is 1. The monoisotopic (exact) mass is 284 g/mol. The van der Waals surface area contributed by atoms with E-state index in [1.165, 1.54) is 25.3 Å². The molecule has 0 spiro atoms. The first-order chi connectivity index (χ1) is 7.45. The number of halogens is 2. The van der Waals surface area contributed by atoms with Gasteiger partial charge in [-0.05, 0) is 18.2 Å². The van der Waals surface area contributed by atoms with Crippen LogP contribution in [-0.2, 0) is 13.8 Å². The number of hydrogen-bond donors (Lipinski definition) is 0. The van der Waals surface area contributed by atoms with Crippen molar-refractivity contribution in [3.8, 4) is 5.75 Å². The summed E-state index contributed by atoms with van der Waals surface area (Å²) < 4.78 is 32.5. The van der Waals surface area contributed by atoms with Crippen molar-refractivity contribution in [3.63, 3.8) is 0 Å². The molecule has 1 aromatic carbocycles. The van der Waals surface area contributed by atoms with E-state index in [0.717, 1.165) is 0 Å². The van der Waals surface area contributed by atoms with Crippen molar-refractivity contribution in [1.29, 1.82) is 0 Å². The zero-order chi connectivity index (χ0) is 12.2. The zero-order valence-corrected chi connectivity index (χ0v) is 10.8. The largest absolute Gasteiger partial charge is 0.490 e. The van der Waals surface area contributed by atoms with Crippen molar-refractivity contribution >= 4 is 31.3 Å². The quantitative estimate of drug-likeness (QED) is 0.615. The predicted molar refractivity (Wildman–Crippen MR) is 61.9 cm³/mol. The molecule has 0 fully saturated rings. The normalized spacial score (nSPS) is 11.4. The van der Waals surface area contributed by atoms with Crippen molar-refractivity contribution < 1.29 is 17.9 Å². The fourth-order valence-electron chi connectivity index (χ4n) is 1.03. The van der Waals surface area contributed by atoms with Gasteiger partial charge in [-0.2, -0.15) is 0 Å². The second kappa shape index (κ2) is 5.72. The van der Waals surface area contributed by atoms with Gasteiger partial charge in [0.2, 0.25) is 0 Å². The summed E-state index contributed by atoms with van der Waals surface area (Å²) in [5.74, 6) is 0.163. The average molecular weight is 285 g/mol. The molecule has 0 unspecified atom stereocenters. The van der Waals surface area contributed by atoms with Crippen molar-refractivity contribution in [3.05, 3.63) is 23.2 Å². The Morgan fingerprint density at radius 3 is 2.56 bits per heavy atom. The van der Waals surface area contributed by atoms with E-state index in [0.29, 0.717) is 6.61 Å². The van der Waals surface area contributed by atoms with Gasteiger partial charge in [0, 0.05) is 22.8 Å². The molecule has 0 atom stereocenters. The molecular weight excluding hydrogens is 275 g/mol. The molecule has 0 saturated heterocycles. The van der Waals surface area contributed by atoms with E-state index in [9.17, 15) is 8.42 Å². The van der Waals surface area contributed by atoms with Crippen molar-refractivity contribution in [2.45, 2.75) is 4.90 Å². The van der Waals surface area contributed by atoms with Gasteiger partial charge in [-0.3, -0.25) is 0 Å². The standard InChI is InChI=1S/C9H10Cl2O4S/c1-14-4-5-15-8-3-2-7(10)6-9(8)16(11,12)13/h2-3,6H,4-5H2,1H3. The third kappa shape index (κ3) is 3.83. The van der Waals surface area contributed by atoms with Crippen LogP contribution in [0.15, 0.2) is 23.1 Å². The second-order valence-corrected chi connectivity index (χ2v) is 5.84. The second-order valence-electron chi connectivity index (χ2n) is 2.87. The van der Waals surface area contributed by atoms with Gasteiger partial charge < -0.3 is 9.47 Å². The molecule has 0 aliphatic rings. The Kier molecular flexibility index (Phi) is 4.86. The van der Waals surface area contributed by atoms with Gasteiger partial charge in [0.1, 0.15) is 17.3 Å². The van der Waals surface area contributed by atoms with Gasteiger partial charge in [-0.25, -0.2) is 8.42 Å². The summed E-state index contributed by atoms with van der Waals surface area (Å²) in [6.45, 7) is 0.585. The molecular formula is C9H10Cl2O4S. The number of rotatable bonds is 5. The number of methoxy groups -OCH3 is 1. The van der Waals surface area contributed by atoms with E-state index >= 15 is 0 Å². The Morgan fingerprint density at radius 1 is 1.31 bits per heavy atom. The lowest BCUT2D eigenvalue weighted by Gasteiger charge is -2.09. The van der Waals surface area contributed by atoms with Crippen LogP contribution >= 0.6 is 22.3 Å². The lowest BCUT2D eigenvalue weighted by molar-refractivity contribution is 0.144. The first-order valence-electron chi connectivity index (χ1n) is 4.31. The third-order valence-electron chi connectivity index (χ3n) is 1.71. The first-order valence-corrected chi connectivity index (χ1v) is 7.00. The summed E-state index contributed by atoms with van der Waals surface area (Å²) >= 11 is 5.68. The highest BCUT2D eigenvalue weighted by atomic mass is 35.7. The smallest absolute Gasteiger partial charge is 0.265 e. The van der Waals surface area contributed by atoms with Crippen LogP contribution in [0.4, 0.5) is 0 Å². The lowest BCUT2D eigenvalue weighted by atomic mass is 10.3. The van der Waals surface area contributed by atoms with Gasteiger partial charge in [0.05, 0.1) is 6.61 Å². The van der Waals surface area contributed by atoms with Gasteiger partial charge in [-0.15, -0.1) is 0 Å². The molecule has 1 rings (SSSR count). The molecule has 1 aromatic rings. The molecule has 0 amide bonds. The van der Waals surface area contributed by atoms with Crippen LogP contribution < -0.4 is 4.74 Å². The molecule has 0 radical (unpaired) electrons. The summed E-state index contributed by atoms with van der Waals surface area (Å²) in [6.07, 6.45) is 0. The SMILES string of the molecule is COCCOc1ccc(Cl)cc1S(=O)(=O)Cl. The highest BCUT2D eigenvalue weighted by molar-refractivity contribution is 8.13. The molecule has 16 heavy (non-hydrogen) atoms. The molecule has 90 valence electrons. The predicted octanol–water partition coefficient (Wildman–Crippen LogP) is 2.29. The van der Waals surface area contributed by atoms with Gasteiger partial charge >= 0.3 is 0 Å². The van der Waals surface area contributed by atoms with Gasteiger partial charge in [0.15, 0.2) is 0 Å². The Morgan fingerprint density at radius 2 is 2.00 bits per heavy atom. The van der Waals surface area contributed by atoms with Crippen LogP contribution in [0.2, 0.25) is 5.02 Å². The molecule has 7 heteroatoms. The Balaban J connectivity index is 2.99. The topological polar surface area (TPSA) is 52.6 Å². The molecule has 0 bridgehead atoms. The maximum atomic E-state index is 11.2. The van der Waals surface area contributed by atoms with E-state index in [4.69, 9.17) is 31.8 Å². The van der Waals surface area contributed by atoms with Crippen LogP contribution in [0.1, 0.15) is 0 Å². The minimum Gasteiger partial charge on any atom is -0.490 e. The summed E-state index contributed by atoms with van der Waals surface area (Å²) in [5, 5.41) is 0.276. The van der Waals surface area contributed by atoms with Crippen LogP contribution in [0.25, 0.3) is 0 Å². The van der Waals surface area contributed by atoms with Crippen LogP contribution in [0.3, 0.4) is 0 Å². The first kappa shape index (κ1) is 13.6. The Bertz CT molecular complexity index is 459. The summed E-state index contributed by atoms with van der Waals surface area (Å²) in [5.41, 5.74) is 0. The highest BCUT2D eigenvalue weighted by Gasteiger charge is 2.17. The number of ether oxygens (including phenoxy) is 2. The summed E-state index contributed by atoms with van der Waals surface area (Å²) in [6, 6.07) is 4.22. The van der Waals surface area contributed by atoms with E-state index in [2.05, 4.69) is 0 Å². The fraction of sp³-hybridized carbons (Fsp3) is 0.333. The minimum absolute atomic E-state index is 0.141. The summed E-state index contributed by atoms with van der Waals surface area (Å²) in [7, 11) is 2.90. The van der Waals surface area contributed by atoms with E-state index < -0.39 is 9.05 Å². The van der Waals surface area contributed by atoms with Crippen molar-refractivity contribution in [2.24, 2.45) is 0 Å². The van der Waals surface area contributed by atoms with Crippen LogP contribution in [0, 0.1) is 0 Å². The molecule has 0 heterocycles. The van der Waals surface area contributed by atoms with Crippen molar-refractivity contribution in [2.75, 3.05) is 20.3 Å². The fourth-order valence-corrected chi connectivity index (χ4v) is 2.26. The van der Waals surface area contributed by atoms with E-state index in [-0.39, 0.29) is 22.3 Å². The lowest BCUT2D eigenvalue weighted by Crippen LogP contribution is -2.06. The molecule has 4 nitrogen and oxygen atoms in total.